The van der Waals surface area contributed by atoms with Gasteiger partial charge in [-0.3, -0.25) is 9.59 Å². The van der Waals surface area contributed by atoms with Crippen molar-refractivity contribution >= 4 is 17.8 Å². The summed E-state index contributed by atoms with van der Waals surface area (Å²) in [4.78, 5) is 39.3. The van der Waals surface area contributed by atoms with Gasteiger partial charge in [-0.2, -0.15) is 0 Å². The van der Waals surface area contributed by atoms with Gasteiger partial charge >= 0.3 is 11.9 Å². The second kappa shape index (κ2) is 8.52. The molecule has 0 aromatic heterocycles. The number of benzene rings is 2. The van der Waals surface area contributed by atoms with Gasteiger partial charge in [-0.05, 0) is 11.1 Å². The van der Waals surface area contributed by atoms with Crippen LogP contribution in [0.5, 0.6) is 0 Å². The smallest absolute Gasteiger partial charge is 0.336 e. The van der Waals surface area contributed by atoms with Gasteiger partial charge in [-0.1, -0.05) is 60.7 Å². The molecule has 6 heteroatoms. The van der Waals surface area contributed by atoms with E-state index < -0.39 is 18.0 Å². The standard InChI is InChI=1S/C22H21NO5/c1-27-18(24)13-17-19(22(26)28-2)20(16-11-7-4-8-12-16)23(21(17)25)14-15-9-5-3-6-10-15/h3-12,20H,13-14H2,1-2H3. The van der Waals surface area contributed by atoms with E-state index in [2.05, 4.69) is 0 Å². The molecule has 1 amide bonds. The third kappa shape index (κ3) is 3.81. The number of methoxy groups -OCH3 is 2. The Balaban J connectivity index is 2.10. The summed E-state index contributed by atoms with van der Waals surface area (Å²) >= 11 is 0. The zero-order chi connectivity index (χ0) is 20.1. The minimum Gasteiger partial charge on any atom is -0.469 e. The second-order valence-corrected chi connectivity index (χ2v) is 6.37. The van der Waals surface area contributed by atoms with Crippen LogP contribution in [0.3, 0.4) is 0 Å². The molecule has 1 aliphatic heterocycles. The molecule has 3 rings (SSSR count). The third-order valence-electron chi connectivity index (χ3n) is 4.69. The molecule has 0 radical (unpaired) electrons. The lowest BCUT2D eigenvalue weighted by Crippen LogP contribution is -2.31. The maximum absolute atomic E-state index is 13.2. The molecule has 6 nitrogen and oxygen atoms in total. The molecular formula is C22H21NO5. The van der Waals surface area contributed by atoms with E-state index in [-0.39, 0.29) is 23.5 Å². The number of ether oxygens (including phenoxy) is 2. The molecular weight excluding hydrogens is 358 g/mol. The van der Waals surface area contributed by atoms with Crippen molar-refractivity contribution in [2.24, 2.45) is 0 Å². The van der Waals surface area contributed by atoms with Crippen molar-refractivity contribution in [3.63, 3.8) is 0 Å². The lowest BCUT2D eigenvalue weighted by Gasteiger charge is -2.27. The van der Waals surface area contributed by atoms with Gasteiger partial charge in [0.25, 0.3) is 5.91 Å². The number of amides is 1. The van der Waals surface area contributed by atoms with Crippen LogP contribution in [0.4, 0.5) is 0 Å². The molecule has 2 aromatic carbocycles. The van der Waals surface area contributed by atoms with E-state index in [1.54, 1.807) is 4.90 Å². The summed E-state index contributed by atoms with van der Waals surface area (Å²) in [5.41, 5.74) is 1.98. The normalized spacial score (nSPS) is 16.3. The van der Waals surface area contributed by atoms with Crippen molar-refractivity contribution in [2.75, 3.05) is 14.2 Å². The molecule has 0 spiro atoms. The van der Waals surface area contributed by atoms with E-state index in [9.17, 15) is 14.4 Å². The predicted molar refractivity (Wildman–Crippen MR) is 102 cm³/mol. The summed E-state index contributed by atoms with van der Waals surface area (Å²) in [6, 6.07) is 18.1. The number of nitrogens with zero attached hydrogens (tertiary/aromatic N) is 1. The van der Waals surface area contributed by atoms with E-state index >= 15 is 0 Å². The average Bonchev–Trinajstić information content (AvgIpc) is 3.00. The first-order valence-electron chi connectivity index (χ1n) is 8.84. The van der Waals surface area contributed by atoms with Crippen molar-refractivity contribution in [1.29, 1.82) is 0 Å². The van der Waals surface area contributed by atoms with Crippen molar-refractivity contribution in [3.05, 3.63) is 82.9 Å². The quantitative estimate of drug-likeness (QED) is 0.722. The van der Waals surface area contributed by atoms with Crippen LogP contribution in [-0.4, -0.2) is 37.0 Å². The van der Waals surface area contributed by atoms with E-state index in [4.69, 9.17) is 9.47 Å². The van der Waals surface area contributed by atoms with Gasteiger partial charge in [-0.25, -0.2) is 4.79 Å². The third-order valence-corrected chi connectivity index (χ3v) is 4.69. The zero-order valence-corrected chi connectivity index (χ0v) is 15.8. The Kier molecular flexibility index (Phi) is 5.89. The number of rotatable bonds is 6. The molecule has 0 N–H and O–H groups in total. The van der Waals surface area contributed by atoms with Crippen LogP contribution in [0, 0.1) is 0 Å². The Hall–Kier alpha value is -3.41. The van der Waals surface area contributed by atoms with Crippen LogP contribution < -0.4 is 0 Å². The number of carbonyl (C=O) groups excluding carboxylic acids is 3. The van der Waals surface area contributed by atoms with Crippen molar-refractivity contribution in [1.82, 2.24) is 4.90 Å². The minimum atomic E-state index is -0.638. The highest BCUT2D eigenvalue weighted by Crippen LogP contribution is 2.40. The summed E-state index contributed by atoms with van der Waals surface area (Å²) in [5, 5.41) is 0. The van der Waals surface area contributed by atoms with Gasteiger partial charge < -0.3 is 14.4 Å². The average molecular weight is 379 g/mol. The molecule has 0 aliphatic carbocycles. The maximum Gasteiger partial charge on any atom is 0.336 e. The molecule has 1 unspecified atom stereocenters. The Morgan fingerprint density at radius 1 is 0.929 bits per heavy atom. The van der Waals surface area contributed by atoms with E-state index in [0.717, 1.165) is 11.1 Å². The number of carbonyl (C=O) groups is 3. The Morgan fingerprint density at radius 2 is 1.54 bits per heavy atom. The van der Waals surface area contributed by atoms with Gasteiger partial charge in [0, 0.05) is 12.1 Å². The van der Waals surface area contributed by atoms with Gasteiger partial charge in [0.2, 0.25) is 0 Å². The van der Waals surface area contributed by atoms with Crippen LogP contribution in [0.1, 0.15) is 23.6 Å². The van der Waals surface area contributed by atoms with E-state index in [1.807, 2.05) is 60.7 Å². The number of hydrogen-bond acceptors (Lipinski definition) is 5. The molecule has 1 atom stereocenters. The summed E-state index contributed by atoms with van der Waals surface area (Å²) in [7, 11) is 2.51. The van der Waals surface area contributed by atoms with Crippen LogP contribution in [0.15, 0.2) is 71.8 Å². The summed E-state index contributed by atoms with van der Waals surface area (Å²) < 4.78 is 9.67. The van der Waals surface area contributed by atoms with Crippen molar-refractivity contribution < 1.29 is 23.9 Å². The van der Waals surface area contributed by atoms with Crippen LogP contribution >= 0.6 is 0 Å². The fourth-order valence-corrected chi connectivity index (χ4v) is 3.38. The molecule has 28 heavy (non-hydrogen) atoms. The highest BCUT2D eigenvalue weighted by molar-refractivity contribution is 6.09. The predicted octanol–water partition coefficient (Wildman–Crippen LogP) is 2.80. The molecule has 1 heterocycles. The lowest BCUT2D eigenvalue weighted by atomic mass is 9.96. The van der Waals surface area contributed by atoms with Gasteiger partial charge in [-0.15, -0.1) is 0 Å². The highest BCUT2D eigenvalue weighted by Gasteiger charge is 2.44. The minimum absolute atomic E-state index is 0.114. The molecule has 144 valence electrons. The van der Waals surface area contributed by atoms with Gasteiger partial charge in [0.15, 0.2) is 0 Å². The fourth-order valence-electron chi connectivity index (χ4n) is 3.38. The Bertz CT molecular complexity index is 905. The number of esters is 2. The SMILES string of the molecule is COC(=O)CC1=C(C(=O)OC)C(c2ccccc2)N(Cc2ccccc2)C1=O. The first-order chi connectivity index (χ1) is 13.6. The molecule has 0 saturated carbocycles. The zero-order valence-electron chi connectivity index (χ0n) is 15.8. The summed E-state index contributed by atoms with van der Waals surface area (Å²) in [6.45, 7) is 0.296. The van der Waals surface area contributed by atoms with Gasteiger partial charge in [0.05, 0.1) is 32.3 Å². The maximum atomic E-state index is 13.2. The highest BCUT2D eigenvalue weighted by atomic mass is 16.5. The van der Waals surface area contributed by atoms with Crippen molar-refractivity contribution in [2.45, 2.75) is 19.0 Å². The van der Waals surface area contributed by atoms with E-state index in [0.29, 0.717) is 6.54 Å². The summed E-state index contributed by atoms with van der Waals surface area (Å²) in [5.74, 6) is -1.58. The van der Waals surface area contributed by atoms with Crippen LogP contribution in [-0.2, 0) is 30.4 Å². The molecule has 0 saturated heterocycles. The van der Waals surface area contributed by atoms with Crippen LogP contribution in [0.2, 0.25) is 0 Å². The monoisotopic (exact) mass is 379 g/mol. The molecule has 0 bridgehead atoms. The topological polar surface area (TPSA) is 72.9 Å². The van der Waals surface area contributed by atoms with Crippen molar-refractivity contribution in [3.8, 4) is 0 Å². The number of hydrogen-bond donors (Lipinski definition) is 0. The fraction of sp³-hybridized carbons (Fsp3) is 0.227. The molecule has 2 aromatic rings. The molecule has 0 fully saturated rings. The lowest BCUT2D eigenvalue weighted by molar-refractivity contribution is -0.141. The first kappa shape index (κ1) is 19.4. The summed E-state index contributed by atoms with van der Waals surface area (Å²) in [6.07, 6.45) is -0.283. The van der Waals surface area contributed by atoms with E-state index in [1.165, 1.54) is 14.2 Å². The van der Waals surface area contributed by atoms with Gasteiger partial charge in [0.1, 0.15) is 0 Å². The van der Waals surface area contributed by atoms with Crippen LogP contribution in [0.25, 0.3) is 0 Å². The Labute approximate surface area is 163 Å². The first-order valence-corrected chi connectivity index (χ1v) is 8.84. The second-order valence-electron chi connectivity index (χ2n) is 6.37. The molecule has 1 aliphatic rings. The largest absolute Gasteiger partial charge is 0.469 e. The Morgan fingerprint density at radius 3 is 2.11 bits per heavy atom.